The molecule has 1 aliphatic heterocycles. The molecule has 3 N–H and O–H groups in total. The fourth-order valence-corrected chi connectivity index (χ4v) is 1.42. The number of aliphatic hydroxyl groups excluding tert-OH is 2. The largest absolute Gasteiger partial charge is 0.395 e. The SMILES string of the molecule is C[C@@H]1OCC[C@H]1NC(CO)CO. The summed E-state index contributed by atoms with van der Waals surface area (Å²) in [6.07, 6.45) is 1.14. The molecule has 0 aromatic heterocycles. The lowest BCUT2D eigenvalue weighted by Crippen LogP contribution is -2.45. The van der Waals surface area contributed by atoms with Gasteiger partial charge in [-0.1, -0.05) is 0 Å². The highest BCUT2D eigenvalue weighted by molar-refractivity contribution is 4.82. The van der Waals surface area contributed by atoms with Gasteiger partial charge in [-0.2, -0.15) is 0 Å². The van der Waals surface area contributed by atoms with Gasteiger partial charge in [-0.15, -0.1) is 0 Å². The lowest BCUT2D eigenvalue weighted by molar-refractivity contribution is 0.100. The fourth-order valence-electron chi connectivity index (χ4n) is 1.42. The van der Waals surface area contributed by atoms with Crippen molar-refractivity contribution in [1.29, 1.82) is 0 Å². The minimum absolute atomic E-state index is 0.0281. The molecule has 1 saturated heterocycles. The van der Waals surface area contributed by atoms with Crippen molar-refractivity contribution in [3.8, 4) is 0 Å². The minimum atomic E-state index is -0.209. The first-order valence-electron chi connectivity index (χ1n) is 4.37. The third-order valence-corrected chi connectivity index (χ3v) is 2.27. The summed E-state index contributed by atoms with van der Waals surface area (Å²) < 4.78 is 5.33. The zero-order valence-electron chi connectivity index (χ0n) is 7.36. The molecule has 1 heterocycles. The van der Waals surface area contributed by atoms with Crippen LogP contribution in [0.5, 0.6) is 0 Å². The Kier molecular flexibility index (Phi) is 3.94. The van der Waals surface area contributed by atoms with Gasteiger partial charge in [-0.05, 0) is 13.3 Å². The van der Waals surface area contributed by atoms with Gasteiger partial charge >= 0.3 is 0 Å². The van der Waals surface area contributed by atoms with Gasteiger partial charge in [0.2, 0.25) is 0 Å². The van der Waals surface area contributed by atoms with Crippen LogP contribution in [0.25, 0.3) is 0 Å². The molecular weight excluding hydrogens is 158 g/mol. The van der Waals surface area contributed by atoms with Crippen molar-refractivity contribution < 1.29 is 14.9 Å². The lowest BCUT2D eigenvalue weighted by Gasteiger charge is -2.21. The van der Waals surface area contributed by atoms with E-state index in [4.69, 9.17) is 14.9 Å². The molecule has 0 spiro atoms. The molecule has 0 unspecified atom stereocenters. The Balaban J connectivity index is 2.28. The second-order valence-corrected chi connectivity index (χ2v) is 3.20. The quantitative estimate of drug-likeness (QED) is 0.518. The highest BCUT2D eigenvalue weighted by Gasteiger charge is 2.25. The van der Waals surface area contributed by atoms with Crippen molar-refractivity contribution in [1.82, 2.24) is 5.32 Å². The number of aliphatic hydroxyl groups is 2. The maximum absolute atomic E-state index is 8.81. The van der Waals surface area contributed by atoms with Gasteiger partial charge in [0.25, 0.3) is 0 Å². The number of rotatable bonds is 4. The van der Waals surface area contributed by atoms with Crippen molar-refractivity contribution in [2.24, 2.45) is 0 Å². The third-order valence-electron chi connectivity index (χ3n) is 2.27. The van der Waals surface area contributed by atoms with Gasteiger partial charge < -0.3 is 20.3 Å². The van der Waals surface area contributed by atoms with E-state index in [-0.39, 0.29) is 31.4 Å². The van der Waals surface area contributed by atoms with E-state index in [1.807, 2.05) is 6.92 Å². The average Bonchev–Trinajstić information content (AvgIpc) is 2.47. The van der Waals surface area contributed by atoms with E-state index in [9.17, 15) is 0 Å². The molecule has 72 valence electrons. The summed E-state index contributed by atoms with van der Waals surface area (Å²) in [7, 11) is 0. The maximum Gasteiger partial charge on any atom is 0.0700 e. The number of hydrogen-bond acceptors (Lipinski definition) is 4. The van der Waals surface area contributed by atoms with Crippen LogP contribution in [0, 0.1) is 0 Å². The van der Waals surface area contributed by atoms with Crippen LogP contribution >= 0.6 is 0 Å². The first kappa shape index (κ1) is 9.92. The summed E-state index contributed by atoms with van der Waals surface area (Å²) in [5.41, 5.74) is 0. The topological polar surface area (TPSA) is 61.7 Å². The Morgan fingerprint density at radius 3 is 2.58 bits per heavy atom. The molecule has 0 aromatic carbocycles. The van der Waals surface area contributed by atoms with Crippen LogP contribution < -0.4 is 5.32 Å². The van der Waals surface area contributed by atoms with E-state index in [1.165, 1.54) is 0 Å². The van der Waals surface area contributed by atoms with E-state index < -0.39 is 0 Å². The Morgan fingerprint density at radius 1 is 1.50 bits per heavy atom. The maximum atomic E-state index is 8.81. The van der Waals surface area contributed by atoms with Gasteiger partial charge in [-0.25, -0.2) is 0 Å². The van der Waals surface area contributed by atoms with E-state index in [0.29, 0.717) is 0 Å². The van der Waals surface area contributed by atoms with Crippen LogP contribution in [0.1, 0.15) is 13.3 Å². The zero-order valence-corrected chi connectivity index (χ0v) is 7.36. The normalized spacial score (nSPS) is 30.0. The van der Waals surface area contributed by atoms with Crippen LogP contribution in [-0.4, -0.2) is 48.2 Å². The summed E-state index contributed by atoms with van der Waals surface area (Å²) in [5.74, 6) is 0. The molecule has 4 nitrogen and oxygen atoms in total. The van der Waals surface area contributed by atoms with Crippen LogP contribution in [-0.2, 0) is 4.74 Å². The first-order valence-corrected chi connectivity index (χ1v) is 4.37. The molecule has 1 rings (SSSR count). The molecule has 0 radical (unpaired) electrons. The van der Waals surface area contributed by atoms with Crippen LogP contribution in [0.15, 0.2) is 0 Å². The first-order chi connectivity index (χ1) is 5.77. The van der Waals surface area contributed by atoms with E-state index in [0.717, 1.165) is 13.0 Å². The van der Waals surface area contributed by atoms with Gasteiger partial charge in [0.1, 0.15) is 0 Å². The van der Waals surface area contributed by atoms with Crippen LogP contribution in [0.2, 0.25) is 0 Å². The highest BCUT2D eigenvalue weighted by Crippen LogP contribution is 2.12. The Morgan fingerprint density at radius 2 is 2.17 bits per heavy atom. The molecule has 2 atom stereocenters. The molecular formula is C8H17NO3. The summed E-state index contributed by atoms with van der Waals surface area (Å²) in [6, 6.07) is 0.0634. The zero-order chi connectivity index (χ0) is 8.97. The van der Waals surface area contributed by atoms with Crippen molar-refractivity contribution in [2.45, 2.75) is 31.5 Å². The monoisotopic (exact) mass is 175 g/mol. The third kappa shape index (κ3) is 2.42. The second-order valence-electron chi connectivity index (χ2n) is 3.20. The van der Waals surface area contributed by atoms with Gasteiger partial charge in [0, 0.05) is 12.6 Å². The molecule has 1 fully saturated rings. The second kappa shape index (κ2) is 4.77. The molecule has 0 aliphatic carbocycles. The van der Waals surface area contributed by atoms with Crippen molar-refractivity contribution >= 4 is 0 Å². The fraction of sp³-hybridized carbons (Fsp3) is 1.00. The summed E-state index contributed by atoms with van der Waals surface area (Å²) in [5, 5.41) is 20.8. The molecule has 0 aromatic rings. The van der Waals surface area contributed by atoms with Crippen molar-refractivity contribution in [2.75, 3.05) is 19.8 Å². The molecule has 12 heavy (non-hydrogen) atoms. The molecule has 0 amide bonds. The number of ether oxygens (including phenoxy) is 1. The van der Waals surface area contributed by atoms with Crippen LogP contribution in [0.3, 0.4) is 0 Å². The van der Waals surface area contributed by atoms with E-state index in [1.54, 1.807) is 0 Å². The Hall–Kier alpha value is -0.160. The Labute approximate surface area is 72.5 Å². The number of hydrogen-bond donors (Lipinski definition) is 3. The lowest BCUT2D eigenvalue weighted by atomic mass is 10.1. The Bertz CT molecular complexity index is 127. The van der Waals surface area contributed by atoms with E-state index >= 15 is 0 Å². The number of nitrogens with one attached hydrogen (secondary N) is 1. The standard InChI is InChI=1S/C8H17NO3/c1-6-8(2-3-12-6)9-7(4-10)5-11/h6-11H,2-5H2,1H3/t6-,8+/m0/s1. The molecule has 4 heteroatoms. The van der Waals surface area contributed by atoms with Crippen LogP contribution in [0.4, 0.5) is 0 Å². The van der Waals surface area contributed by atoms with Gasteiger partial charge in [0.15, 0.2) is 0 Å². The van der Waals surface area contributed by atoms with Gasteiger partial charge in [0.05, 0.1) is 25.4 Å². The van der Waals surface area contributed by atoms with E-state index in [2.05, 4.69) is 5.32 Å². The smallest absolute Gasteiger partial charge is 0.0700 e. The molecule has 0 saturated carbocycles. The predicted octanol–water partition coefficient (Wildman–Crippen LogP) is -0.893. The van der Waals surface area contributed by atoms with Gasteiger partial charge in [-0.3, -0.25) is 0 Å². The summed E-state index contributed by atoms with van der Waals surface area (Å²) in [6.45, 7) is 2.71. The summed E-state index contributed by atoms with van der Waals surface area (Å²) in [4.78, 5) is 0. The summed E-state index contributed by atoms with van der Waals surface area (Å²) >= 11 is 0. The average molecular weight is 175 g/mol. The minimum Gasteiger partial charge on any atom is -0.395 e. The van der Waals surface area contributed by atoms with Crippen molar-refractivity contribution in [3.05, 3.63) is 0 Å². The highest BCUT2D eigenvalue weighted by atomic mass is 16.5. The van der Waals surface area contributed by atoms with Crippen molar-refractivity contribution in [3.63, 3.8) is 0 Å². The molecule has 0 bridgehead atoms. The predicted molar refractivity (Wildman–Crippen MR) is 44.9 cm³/mol. The molecule has 1 aliphatic rings.